The molecule has 0 saturated carbocycles. The molecule has 0 N–H and O–H groups in total. The maximum Gasteiger partial charge on any atom is -1.00 e. The molecule has 3 aliphatic rings. The van der Waals surface area contributed by atoms with Crippen molar-refractivity contribution in [2.24, 2.45) is 11.3 Å². The second-order valence-electron chi connectivity index (χ2n) is 15.4. The van der Waals surface area contributed by atoms with Gasteiger partial charge in [0.05, 0.1) is 0 Å². The van der Waals surface area contributed by atoms with E-state index in [0.717, 1.165) is 0 Å². The summed E-state index contributed by atoms with van der Waals surface area (Å²) in [5.41, 5.74) is 12.0. The first-order valence-electron chi connectivity index (χ1n) is 16.6. The molecule has 4 aromatic rings. The van der Waals surface area contributed by atoms with E-state index in [0.29, 0.717) is 11.3 Å². The van der Waals surface area contributed by atoms with Crippen molar-refractivity contribution in [3.63, 3.8) is 0 Å². The summed E-state index contributed by atoms with van der Waals surface area (Å²) in [5.74, 6) is 0.573. The number of halogens is 2. The zero-order chi connectivity index (χ0) is 32.9. The summed E-state index contributed by atoms with van der Waals surface area (Å²) in [6.07, 6.45) is 13.8. The molecule has 0 aromatic heterocycles. The summed E-state index contributed by atoms with van der Waals surface area (Å²) < 4.78 is 1.46. The molecular weight excluding hydrogens is 691 g/mol. The van der Waals surface area contributed by atoms with E-state index in [1.54, 1.807) is 0 Å². The van der Waals surface area contributed by atoms with Crippen LogP contribution in [-0.2, 0) is 35.1 Å². The molecule has 0 radical (unpaired) electrons. The Hall–Kier alpha value is -2.18. The fourth-order valence-electron chi connectivity index (χ4n) is 7.12. The minimum absolute atomic E-state index is 0. The van der Waals surface area contributed by atoms with Crippen LogP contribution in [0.3, 0.4) is 0 Å². The van der Waals surface area contributed by atoms with Crippen LogP contribution in [0.15, 0.2) is 90.5 Å². The maximum absolute atomic E-state index is 3.35. The predicted octanol–water partition coefficient (Wildman–Crippen LogP) is 6.24. The molecule has 0 aliphatic heterocycles. The van der Waals surface area contributed by atoms with E-state index < -0.39 is 0 Å². The minimum atomic E-state index is 0. The van der Waals surface area contributed by atoms with Crippen LogP contribution in [0.5, 0.6) is 0 Å². The molecule has 0 amide bonds. The molecular formula is C44H50Cl2Zr-2. The Morgan fingerprint density at radius 1 is 0.809 bits per heavy atom. The van der Waals surface area contributed by atoms with Crippen LogP contribution in [-0.4, -0.2) is 3.21 Å². The molecule has 1 unspecified atom stereocenters. The first kappa shape index (κ1) is 39.3. The number of fused-ring (bicyclic) bond motifs is 5. The summed E-state index contributed by atoms with van der Waals surface area (Å²) in [5, 5.41) is 5.57. The summed E-state index contributed by atoms with van der Waals surface area (Å²) in [6.45, 7) is 24.9. The zero-order valence-electron chi connectivity index (χ0n) is 30.1. The largest absolute Gasteiger partial charge is 1.00 e. The number of benzene rings is 3. The van der Waals surface area contributed by atoms with Crippen LogP contribution in [0.25, 0.3) is 32.7 Å². The van der Waals surface area contributed by atoms with Crippen molar-refractivity contribution in [1.29, 1.82) is 0 Å². The molecule has 3 aliphatic carbocycles. The Kier molecular flexibility index (Phi) is 12.3. The van der Waals surface area contributed by atoms with E-state index in [1.807, 2.05) is 6.07 Å². The van der Waals surface area contributed by atoms with Gasteiger partial charge in [-0.2, -0.15) is 11.6 Å². The van der Waals surface area contributed by atoms with Gasteiger partial charge in [-0.1, -0.05) is 109 Å². The molecule has 47 heavy (non-hydrogen) atoms. The van der Waals surface area contributed by atoms with Crippen molar-refractivity contribution < 1.29 is 49.0 Å². The van der Waals surface area contributed by atoms with Gasteiger partial charge < -0.3 is 24.8 Å². The van der Waals surface area contributed by atoms with Gasteiger partial charge >= 0.3 is 70.3 Å². The standard InChI is InChI=1S/C25H25.C11H17.C8H8.2ClH.Zr/c1-14-12-24(3,4)22-8-16-7-17-9-23-19(15(2)13-25(23,5)6)11-21(17)20(16)10-18(14)22;1-5-9-6-7-10(8-9)11(2,3)4;1-2-8-6-4-3-5-7-8;;;/h7-13H,1-6H3;7-9H,5H2,1-4H3;3-7H,1H3;2*1H;/q2*-1;;;;+2/p-2. The molecule has 0 heterocycles. The minimum Gasteiger partial charge on any atom is -1.00 e. The van der Waals surface area contributed by atoms with Crippen molar-refractivity contribution in [1.82, 2.24) is 0 Å². The average molecular weight is 741 g/mol. The number of allylic oxidation sites excluding steroid dienone is 8. The number of hydrogen-bond donors (Lipinski definition) is 0. The summed E-state index contributed by atoms with van der Waals surface area (Å²) in [4.78, 5) is 0. The molecule has 3 heteroatoms. The van der Waals surface area contributed by atoms with Crippen LogP contribution in [0.2, 0.25) is 0 Å². The Morgan fingerprint density at radius 2 is 1.28 bits per heavy atom. The smallest absolute Gasteiger partial charge is 1.00 e. The predicted molar refractivity (Wildman–Crippen MR) is 196 cm³/mol. The van der Waals surface area contributed by atoms with Crippen LogP contribution in [0.4, 0.5) is 0 Å². The molecule has 4 aromatic carbocycles. The fraction of sp³-hybridized carbons (Fsp3) is 0.364. The summed E-state index contributed by atoms with van der Waals surface area (Å²) in [7, 11) is 0. The van der Waals surface area contributed by atoms with Gasteiger partial charge in [0, 0.05) is 10.8 Å². The number of rotatable bonds is 2. The summed E-state index contributed by atoms with van der Waals surface area (Å²) >= 11 is 1.51. The molecule has 0 fully saturated rings. The Morgan fingerprint density at radius 3 is 1.62 bits per heavy atom. The van der Waals surface area contributed by atoms with Crippen LogP contribution < -0.4 is 24.8 Å². The van der Waals surface area contributed by atoms with Gasteiger partial charge in [0.15, 0.2) is 0 Å². The van der Waals surface area contributed by atoms with E-state index in [-0.39, 0.29) is 35.6 Å². The van der Waals surface area contributed by atoms with Gasteiger partial charge in [-0.25, -0.2) is 6.08 Å². The third kappa shape index (κ3) is 8.18. The van der Waals surface area contributed by atoms with Gasteiger partial charge in [-0.05, 0) is 36.1 Å². The monoisotopic (exact) mass is 738 g/mol. The van der Waals surface area contributed by atoms with Crippen LogP contribution in [0, 0.1) is 17.4 Å². The SMILES string of the molecule is CC1=CC(C)(C)c2cc3[cH-]c4cc5c(cc4c3cc21)C(C)=CC5(C)C.CCC1[C-]=CC(C(C)(C)C)=C1.C[C](=[Zr+2])c1ccccc1.[Cl-].[Cl-]. The van der Waals surface area contributed by atoms with Crippen molar-refractivity contribution in [2.45, 2.75) is 93.4 Å². The summed E-state index contributed by atoms with van der Waals surface area (Å²) in [6, 6.07) is 22.6. The van der Waals surface area contributed by atoms with E-state index in [4.69, 9.17) is 0 Å². The second kappa shape index (κ2) is 14.7. The van der Waals surface area contributed by atoms with Crippen molar-refractivity contribution in [2.75, 3.05) is 0 Å². The molecule has 246 valence electrons. The van der Waals surface area contributed by atoms with Gasteiger partial charge in [-0.15, -0.1) is 39.7 Å². The van der Waals surface area contributed by atoms with Crippen LogP contribution >= 0.6 is 0 Å². The third-order valence-corrected chi connectivity index (χ3v) is 10.4. The molecule has 0 bridgehead atoms. The molecule has 1 atom stereocenters. The van der Waals surface area contributed by atoms with Crippen molar-refractivity contribution in [3.8, 4) is 0 Å². The van der Waals surface area contributed by atoms with E-state index in [2.05, 4.69) is 161 Å². The first-order valence-corrected chi connectivity index (χ1v) is 17.8. The number of hydrogen-bond acceptors (Lipinski definition) is 0. The Labute approximate surface area is 312 Å². The quantitative estimate of drug-likeness (QED) is 0.214. The third-order valence-electron chi connectivity index (χ3n) is 9.72. The molecule has 0 nitrogen and oxygen atoms in total. The Bertz CT molecular complexity index is 1810. The van der Waals surface area contributed by atoms with Crippen molar-refractivity contribution >= 4 is 35.9 Å². The Balaban J connectivity index is 0.000000228. The first-order chi connectivity index (χ1) is 21.0. The van der Waals surface area contributed by atoms with Gasteiger partial charge in [-0.3, -0.25) is 6.08 Å². The second-order valence-corrected chi connectivity index (χ2v) is 17.2. The topological polar surface area (TPSA) is 0 Å². The van der Waals surface area contributed by atoms with Crippen molar-refractivity contribution in [3.05, 3.63) is 124 Å². The van der Waals surface area contributed by atoms with E-state index >= 15 is 0 Å². The average Bonchev–Trinajstić information content (AvgIpc) is 3.70. The van der Waals surface area contributed by atoms with Gasteiger partial charge in [0.25, 0.3) is 0 Å². The normalized spacial score (nSPS) is 18.0. The maximum atomic E-state index is 3.35. The van der Waals surface area contributed by atoms with Gasteiger partial charge in [0.1, 0.15) is 0 Å². The van der Waals surface area contributed by atoms with E-state index in [9.17, 15) is 0 Å². The fourth-order valence-corrected chi connectivity index (χ4v) is 7.53. The van der Waals surface area contributed by atoms with Gasteiger partial charge in [0.2, 0.25) is 0 Å². The molecule has 0 saturated heterocycles. The molecule has 7 rings (SSSR count). The van der Waals surface area contributed by atoms with E-state index in [1.165, 1.54) is 99.9 Å². The zero-order valence-corrected chi connectivity index (χ0v) is 34.1. The van der Waals surface area contributed by atoms with Crippen LogP contribution in [0.1, 0.15) is 110 Å². The molecule has 0 spiro atoms.